The van der Waals surface area contributed by atoms with Gasteiger partial charge in [-0.2, -0.15) is 0 Å². The molecule has 32 heavy (non-hydrogen) atoms. The fourth-order valence-corrected chi connectivity index (χ4v) is 5.02. The van der Waals surface area contributed by atoms with Crippen molar-refractivity contribution >= 4 is 12.1 Å². The Kier molecular flexibility index (Phi) is 8.17. The van der Waals surface area contributed by atoms with E-state index in [1.54, 1.807) is 6.92 Å². The molecule has 1 aromatic rings. The summed E-state index contributed by atoms with van der Waals surface area (Å²) in [7, 11) is 0. The molecule has 7 nitrogen and oxygen atoms in total. The van der Waals surface area contributed by atoms with Crippen LogP contribution in [0.4, 0.5) is 4.79 Å². The summed E-state index contributed by atoms with van der Waals surface area (Å²) in [6.45, 7) is 11.5. The number of esters is 1. The molecular weight excluding hydrogens is 408 g/mol. The lowest BCUT2D eigenvalue weighted by Gasteiger charge is -2.46. The number of rotatable bonds is 6. The topological polar surface area (TPSA) is 77.1 Å². The molecule has 3 heterocycles. The predicted octanol–water partition coefficient (Wildman–Crippen LogP) is 3.76. The third kappa shape index (κ3) is 7.48. The summed E-state index contributed by atoms with van der Waals surface area (Å²) in [4.78, 5) is 27.8. The van der Waals surface area contributed by atoms with E-state index in [0.717, 1.165) is 19.6 Å². The lowest BCUT2D eigenvalue weighted by molar-refractivity contribution is -0.146. The second kappa shape index (κ2) is 10.7. The van der Waals surface area contributed by atoms with Crippen molar-refractivity contribution in [3.63, 3.8) is 0 Å². The Hall–Kier alpha value is -2.12. The second-order valence-corrected chi connectivity index (χ2v) is 10.2. The van der Waals surface area contributed by atoms with E-state index in [9.17, 15) is 9.59 Å². The highest BCUT2D eigenvalue weighted by atomic mass is 16.6. The fourth-order valence-electron chi connectivity index (χ4n) is 5.02. The third-order valence-corrected chi connectivity index (χ3v) is 5.90. The molecule has 0 spiro atoms. The number of hydrogen-bond donors (Lipinski definition) is 1. The molecular formula is C25H38N2O5. The van der Waals surface area contributed by atoms with Gasteiger partial charge in [-0.15, -0.1) is 0 Å². The average molecular weight is 447 g/mol. The van der Waals surface area contributed by atoms with Crippen LogP contribution in [0, 0.1) is 11.8 Å². The van der Waals surface area contributed by atoms with Crippen molar-refractivity contribution in [2.45, 2.75) is 64.6 Å². The van der Waals surface area contributed by atoms with Crippen molar-refractivity contribution in [3.05, 3.63) is 35.9 Å². The Bertz CT molecular complexity index is 745. The van der Waals surface area contributed by atoms with E-state index >= 15 is 0 Å². The van der Waals surface area contributed by atoms with Crippen LogP contribution in [0.2, 0.25) is 0 Å². The van der Waals surface area contributed by atoms with Gasteiger partial charge in [0.15, 0.2) is 0 Å². The smallest absolute Gasteiger partial charge is 0.408 e. The molecule has 3 aliphatic heterocycles. The normalized spacial score (nSPS) is 26.5. The number of hydrogen-bond acceptors (Lipinski definition) is 6. The summed E-state index contributed by atoms with van der Waals surface area (Å²) in [5.74, 6) is 0.0814. The van der Waals surface area contributed by atoms with Crippen molar-refractivity contribution in [2.75, 3.05) is 32.9 Å². The summed E-state index contributed by atoms with van der Waals surface area (Å²) in [6, 6.07) is 10.5. The zero-order valence-electron chi connectivity index (χ0n) is 19.9. The first-order valence-corrected chi connectivity index (χ1v) is 11.7. The predicted molar refractivity (Wildman–Crippen MR) is 122 cm³/mol. The minimum absolute atomic E-state index is 0.145. The SMILES string of the molecule is CCOC(=O)CC1(NC(=O)OC(C)(C)C)CC2COCC(CN(Cc3ccccc3)C2)C1. The maximum Gasteiger partial charge on any atom is 0.408 e. The molecule has 0 saturated carbocycles. The van der Waals surface area contributed by atoms with Crippen LogP contribution in [0.5, 0.6) is 0 Å². The highest BCUT2D eigenvalue weighted by Gasteiger charge is 2.44. The van der Waals surface area contributed by atoms with E-state index in [1.165, 1.54) is 5.56 Å². The molecule has 0 aliphatic carbocycles. The first kappa shape index (κ1) is 24.5. The number of carbonyl (C=O) groups excluding carboxylic acids is 2. The molecule has 0 radical (unpaired) electrons. The van der Waals surface area contributed by atoms with Gasteiger partial charge >= 0.3 is 12.1 Å². The Morgan fingerprint density at radius 3 is 2.31 bits per heavy atom. The highest BCUT2D eigenvalue weighted by Crippen LogP contribution is 2.35. The minimum Gasteiger partial charge on any atom is -0.466 e. The van der Waals surface area contributed by atoms with Crippen molar-refractivity contribution in [3.8, 4) is 0 Å². The largest absolute Gasteiger partial charge is 0.466 e. The van der Waals surface area contributed by atoms with Crippen molar-refractivity contribution in [1.29, 1.82) is 0 Å². The minimum atomic E-state index is -0.702. The monoisotopic (exact) mass is 446 g/mol. The van der Waals surface area contributed by atoms with Crippen LogP contribution in [0.25, 0.3) is 0 Å². The summed E-state index contributed by atoms with van der Waals surface area (Å²) < 4.78 is 16.8. The molecule has 7 heteroatoms. The molecule has 3 aliphatic rings. The average Bonchev–Trinajstić information content (AvgIpc) is 2.63. The molecule has 2 bridgehead atoms. The van der Waals surface area contributed by atoms with Gasteiger partial charge in [0.05, 0.1) is 31.8 Å². The lowest BCUT2D eigenvalue weighted by atomic mass is 9.75. The molecule has 1 amide bonds. The maximum atomic E-state index is 12.8. The fraction of sp³-hybridized carbons (Fsp3) is 0.680. The van der Waals surface area contributed by atoms with E-state index < -0.39 is 17.2 Å². The number of amides is 1. The van der Waals surface area contributed by atoms with E-state index in [1.807, 2.05) is 26.8 Å². The zero-order chi connectivity index (χ0) is 23.2. The van der Waals surface area contributed by atoms with Crippen molar-refractivity contribution in [2.24, 2.45) is 11.8 Å². The van der Waals surface area contributed by atoms with Crippen LogP contribution >= 0.6 is 0 Å². The molecule has 3 fully saturated rings. The lowest BCUT2D eigenvalue weighted by Crippen LogP contribution is -2.58. The number of fused-ring (bicyclic) bond motifs is 6. The summed E-state index contributed by atoms with van der Waals surface area (Å²) in [5, 5.41) is 3.10. The number of nitrogens with zero attached hydrogens (tertiary/aromatic N) is 1. The van der Waals surface area contributed by atoms with Gasteiger partial charge in [0.25, 0.3) is 0 Å². The highest BCUT2D eigenvalue weighted by molar-refractivity contribution is 5.74. The number of benzene rings is 1. The molecule has 2 atom stereocenters. The summed E-state index contributed by atoms with van der Waals surface area (Å²) in [5.41, 5.74) is -0.0221. The van der Waals surface area contributed by atoms with Gasteiger partial charge in [-0.05, 0) is 57.9 Å². The van der Waals surface area contributed by atoms with Gasteiger partial charge < -0.3 is 19.5 Å². The van der Waals surface area contributed by atoms with Crippen molar-refractivity contribution in [1.82, 2.24) is 10.2 Å². The van der Waals surface area contributed by atoms with Crippen LogP contribution in [0.3, 0.4) is 0 Å². The van der Waals surface area contributed by atoms with Crippen LogP contribution in [-0.2, 0) is 25.5 Å². The van der Waals surface area contributed by atoms with Crippen LogP contribution < -0.4 is 5.32 Å². The van der Waals surface area contributed by atoms with Gasteiger partial charge in [-0.3, -0.25) is 9.69 Å². The Balaban J connectivity index is 1.80. The van der Waals surface area contributed by atoms with Crippen LogP contribution in [0.15, 0.2) is 30.3 Å². The van der Waals surface area contributed by atoms with E-state index in [0.29, 0.717) is 32.7 Å². The van der Waals surface area contributed by atoms with E-state index in [-0.39, 0.29) is 24.2 Å². The first-order valence-electron chi connectivity index (χ1n) is 11.7. The van der Waals surface area contributed by atoms with Gasteiger partial charge in [-0.25, -0.2) is 4.79 Å². The molecule has 0 aromatic heterocycles. The molecule has 3 saturated heterocycles. The maximum absolute atomic E-state index is 12.8. The summed E-state index contributed by atoms with van der Waals surface area (Å²) in [6.07, 6.45) is 0.952. The van der Waals surface area contributed by atoms with Gasteiger partial charge in [0.2, 0.25) is 0 Å². The number of carbonyl (C=O) groups is 2. The van der Waals surface area contributed by atoms with Crippen LogP contribution in [-0.4, -0.2) is 61.0 Å². The zero-order valence-corrected chi connectivity index (χ0v) is 19.9. The molecule has 1 aromatic carbocycles. The Morgan fingerprint density at radius 2 is 1.75 bits per heavy atom. The third-order valence-electron chi connectivity index (χ3n) is 5.90. The first-order chi connectivity index (χ1) is 15.2. The van der Waals surface area contributed by atoms with E-state index in [2.05, 4.69) is 34.5 Å². The number of ether oxygens (including phenoxy) is 3. The summed E-state index contributed by atoms with van der Waals surface area (Å²) >= 11 is 0. The number of alkyl carbamates (subject to hydrolysis) is 1. The number of nitrogens with one attached hydrogen (secondary N) is 1. The molecule has 1 N–H and O–H groups in total. The van der Waals surface area contributed by atoms with Gasteiger partial charge in [0.1, 0.15) is 5.60 Å². The van der Waals surface area contributed by atoms with Gasteiger partial charge in [0, 0.05) is 19.6 Å². The second-order valence-electron chi connectivity index (χ2n) is 10.2. The van der Waals surface area contributed by atoms with Crippen LogP contribution in [0.1, 0.15) is 52.5 Å². The Labute approximate surface area is 191 Å². The Morgan fingerprint density at radius 1 is 1.12 bits per heavy atom. The standard InChI is InChI=1S/C25H38N2O5/c1-5-31-22(28)13-25(26-23(29)32-24(2,3)4)11-20-15-27(14-19-9-7-6-8-10-19)16-21(12-25)18-30-17-20/h6-10,20-21H,5,11-18H2,1-4H3,(H,26,29). The van der Waals surface area contributed by atoms with Gasteiger partial charge in [-0.1, -0.05) is 30.3 Å². The molecule has 2 unspecified atom stereocenters. The quantitative estimate of drug-likeness (QED) is 0.671. The van der Waals surface area contributed by atoms with E-state index in [4.69, 9.17) is 14.2 Å². The molecule has 4 rings (SSSR count). The molecule has 178 valence electrons. The van der Waals surface area contributed by atoms with Crippen molar-refractivity contribution < 1.29 is 23.8 Å².